The van der Waals surface area contributed by atoms with E-state index in [0.717, 1.165) is 5.56 Å². The molecule has 5 N–H and O–H groups in total. The number of thiocarbonyl (C=S) groups is 1. The lowest BCUT2D eigenvalue weighted by molar-refractivity contribution is 0.0692. The lowest BCUT2D eigenvalue weighted by Crippen LogP contribution is -2.25. The summed E-state index contributed by atoms with van der Waals surface area (Å²) in [6.45, 7) is 1.78. The molecule has 1 amide bonds. The molecule has 0 spiro atoms. The van der Waals surface area contributed by atoms with E-state index in [9.17, 15) is 9.59 Å². The van der Waals surface area contributed by atoms with Gasteiger partial charge in [-0.15, -0.1) is 0 Å². The number of carbonyl (C=O) groups is 2. The number of carboxylic acids is 1. The van der Waals surface area contributed by atoms with Gasteiger partial charge in [0.25, 0.3) is 5.91 Å². The summed E-state index contributed by atoms with van der Waals surface area (Å²) in [5.41, 5.74) is 9.87. The van der Waals surface area contributed by atoms with Crippen LogP contribution in [0.2, 0.25) is 0 Å². The van der Waals surface area contributed by atoms with Gasteiger partial charge in [0.15, 0.2) is 5.11 Å². The molecule has 2 rings (SSSR count). The van der Waals surface area contributed by atoms with Crippen molar-refractivity contribution in [3.05, 3.63) is 65.2 Å². The highest BCUT2D eigenvalue weighted by Crippen LogP contribution is 2.14. The van der Waals surface area contributed by atoms with Gasteiger partial charge < -0.3 is 16.2 Å². The molecule has 0 saturated heterocycles. The summed E-state index contributed by atoms with van der Waals surface area (Å²) in [5, 5.41) is 15.9. The predicted octanol–water partition coefficient (Wildman–Crippen LogP) is 2.19. The van der Waals surface area contributed by atoms with Crippen molar-refractivity contribution in [1.82, 2.24) is 5.43 Å². The van der Waals surface area contributed by atoms with Crippen molar-refractivity contribution in [2.75, 3.05) is 5.32 Å². The van der Waals surface area contributed by atoms with Gasteiger partial charge in [0, 0.05) is 5.69 Å². The minimum atomic E-state index is -1.15. The molecule has 7 nitrogen and oxygen atoms in total. The number of hydrogen-bond donors (Lipinski definition) is 4. The molecule has 2 aromatic rings. The third-order valence-corrected chi connectivity index (χ3v) is 3.39. The zero-order valence-electron chi connectivity index (χ0n) is 13.3. The number of anilines is 1. The van der Waals surface area contributed by atoms with Gasteiger partial charge >= 0.3 is 5.97 Å². The van der Waals surface area contributed by atoms with Crippen LogP contribution in [0.1, 0.15) is 33.2 Å². The zero-order valence-corrected chi connectivity index (χ0v) is 14.1. The average molecular weight is 356 g/mol. The lowest BCUT2D eigenvalue weighted by atomic mass is 10.1. The number of carbonyl (C=O) groups excluding carboxylic acids is 1. The molecule has 0 unspecified atom stereocenters. The molecule has 0 radical (unpaired) electrons. The quantitative estimate of drug-likeness (QED) is 0.371. The Balaban J connectivity index is 2.14. The highest BCUT2D eigenvalue weighted by molar-refractivity contribution is 7.80. The standard InChI is InChI=1S/C17H16N4O3S/c1-10(20-21-17(18)25)11-6-8-12(9-7-11)19-15(22)13-4-2-3-5-14(13)16(23)24/h2-9H,1H3,(H,19,22)(H,23,24)(H3,18,21,25)/b20-10+. The van der Waals surface area contributed by atoms with E-state index >= 15 is 0 Å². The number of benzene rings is 2. The van der Waals surface area contributed by atoms with Crippen LogP contribution in [0.3, 0.4) is 0 Å². The fourth-order valence-corrected chi connectivity index (χ4v) is 2.11. The van der Waals surface area contributed by atoms with Crippen LogP contribution in [0.25, 0.3) is 0 Å². The normalized spacial score (nSPS) is 10.8. The van der Waals surface area contributed by atoms with E-state index in [-0.39, 0.29) is 16.2 Å². The second kappa shape index (κ2) is 8.02. The fourth-order valence-electron chi connectivity index (χ4n) is 2.06. The Bertz CT molecular complexity index is 847. The van der Waals surface area contributed by atoms with Crippen molar-refractivity contribution < 1.29 is 14.7 Å². The van der Waals surface area contributed by atoms with Gasteiger partial charge in [-0.1, -0.05) is 24.3 Å². The average Bonchev–Trinajstić information content (AvgIpc) is 2.60. The number of nitrogens with zero attached hydrogens (tertiary/aromatic N) is 1. The minimum Gasteiger partial charge on any atom is -0.478 e. The van der Waals surface area contributed by atoms with Crippen molar-refractivity contribution in [2.45, 2.75) is 6.92 Å². The molecule has 128 valence electrons. The van der Waals surface area contributed by atoms with E-state index in [1.54, 1.807) is 43.3 Å². The number of aromatic carboxylic acids is 1. The van der Waals surface area contributed by atoms with Gasteiger partial charge in [0.05, 0.1) is 16.8 Å². The second-order valence-corrected chi connectivity index (χ2v) is 5.50. The van der Waals surface area contributed by atoms with E-state index in [4.69, 9.17) is 10.8 Å². The van der Waals surface area contributed by atoms with Crippen LogP contribution in [0.15, 0.2) is 53.6 Å². The van der Waals surface area contributed by atoms with Crippen LogP contribution in [0.5, 0.6) is 0 Å². The molecule has 0 aliphatic rings. The summed E-state index contributed by atoms with van der Waals surface area (Å²) in [6, 6.07) is 12.9. The molecule has 0 aliphatic heterocycles. The van der Waals surface area contributed by atoms with Gasteiger partial charge in [0.1, 0.15) is 0 Å². The minimum absolute atomic E-state index is 0.0524. The molecule has 0 atom stereocenters. The van der Waals surface area contributed by atoms with E-state index in [1.165, 1.54) is 12.1 Å². The molecule has 0 aromatic heterocycles. The van der Waals surface area contributed by atoms with Crippen LogP contribution >= 0.6 is 12.2 Å². The monoisotopic (exact) mass is 356 g/mol. The molecule has 0 aliphatic carbocycles. The summed E-state index contributed by atoms with van der Waals surface area (Å²) in [4.78, 5) is 23.5. The zero-order chi connectivity index (χ0) is 18.4. The summed E-state index contributed by atoms with van der Waals surface area (Å²) in [5.74, 6) is -1.65. The number of carboxylic acid groups (broad SMARTS) is 1. The maximum atomic E-state index is 12.3. The predicted molar refractivity (Wildman–Crippen MR) is 99.9 cm³/mol. The Kier molecular flexibility index (Phi) is 5.80. The highest BCUT2D eigenvalue weighted by Gasteiger charge is 2.15. The van der Waals surface area contributed by atoms with E-state index in [2.05, 4.69) is 28.1 Å². The number of rotatable bonds is 5. The molecule has 0 heterocycles. The highest BCUT2D eigenvalue weighted by atomic mass is 32.1. The van der Waals surface area contributed by atoms with Crippen molar-refractivity contribution >= 4 is 40.6 Å². The van der Waals surface area contributed by atoms with E-state index in [1.807, 2.05) is 0 Å². The smallest absolute Gasteiger partial charge is 0.336 e. The van der Waals surface area contributed by atoms with E-state index < -0.39 is 11.9 Å². The summed E-state index contributed by atoms with van der Waals surface area (Å²) in [7, 11) is 0. The third-order valence-electron chi connectivity index (χ3n) is 3.30. The Labute approximate surface area is 149 Å². The molecule has 0 saturated carbocycles. The Morgan fingerprint density at radius 1 is 1.08 bits per heavy atom. The van der Waals surface area contributed by atoms with Crippen molar-refractivity contribution in [3.63, 3.8) is 0 Å². The van der Waals surface area contributed by atoms with Gasteiger partial charge in [0.2, 0.25) is 0 Å². The Morgan fingerprint density at radius 3 is 2.24 bits per heavy atom. The topological polar surface area (TPSA) is 117 Å². The largest absolute Gasteiger partial charge is 0.478 e. The van der Waals surface area contributed by atoms with Crippen LogP contribution in [-0.2, 0) is 0 Å². The molecule has 25 heavy (non-hydrogen) atoms. The fraction of sp³-hybridized carbons (Fsp3) is 0.0588. The molecule has 2 aromatic carbocycles. The summed E-state index contributed by atoms with van der Waals surface area (Å²) in [6.07, 6.45) is 0. The SMILES string of the molecule is C/C(=N\NC(N)=S)c1ccc(NC(=O)c2ccccc2C(=O)O)cc1. The molecule has 0 bridgehead atoms. The van der Waals surface area contributed by atoms with Crippen molar-refractivity contribution in [1.29, 1.82) is 0 Å². The Morgan fingerprint density at radius 2 is 1.68 bits per heavy atom. The van der Waals surface area contributed by atoms with Gasteiger partial charge in [-0.3, -0.25) is 10.2 Å². The van der Waals surface area contributed by atoms with Crippen LogP contribution < -0.4 is 16.5 Å². The number of amides is 1. The maximum Gasteiger partial charge on any atom is 0.336 e. The molecule has 0 fully saturated rings. The number of hydrazone groups is 1. The van der Waals surface area contributed by atoms with Crippen LogP contribution in [0.4, 0.5) is 5.69 Å². The third kappa shape index (κ3) is 4.85. The van der Waals surface area contributed by atoms with Gasteiger partial charge in [-0.25, -0.2) is 4.79 Å². The second-order valence-electron chi connectivity index (χ2n) is 5.06. The first-order valence-electron chi connectivity index (χ1n) is 7.22. The van der Waals surface area contributed by atoms with Gasteiger partial charge in [-0.05, 0) is 49.0 Å². The first-order valence-corrected chi connectivity index (χ1v) is 7.63. The van der Waals surface area contributed by atoms with Crippen LogP contribution in [-0.4, -0.2) is 27.8 Å². The number of hydrogen-bond acceptors (Lipinski definition) is 4. The van der Waals surface area contributed by atoms with Crippen LogP contribution in [0, 0.1) is 0 Å². The van der Waals surface area contributed by atoms with E-state index in [0.29, 0.717) is 11.4 Å². The van der Waals surface area contributed by atoms with Gasteiger partial charge in [-0.2, -0.15) is 5.10 Å². The first kappa shape index (κ1) is 18.1. The Hall–Kier alpha value is -3.26. The number of nitrogens with two attached hydrogens (primary N) is 1. The molecular weight excluding hydrogens is 340 g/mol. The number of nitrogens with one attached hydrogen (secondary N) is 2. The summed E-state index contributed by atoms with van der Waals surface area (Å²) < 4.78 is 0. The lowest BCUT2D eigenvalue weighted by Gasteiger charge is -2.08. The van der Waals surface area contributed by atoms with Crippen molar-refractivity contribution in [3.8, 4) is 0 Å². The molecular formula is C17H16N4O3S. The summed E-state index contributed by atoms with van der Waals surface area (Å²) >= 11 is 4.68. The van der Waals surface area contributed by atoms with Crippen molar-refractivity contribution in [2.24, 2.45) is 10.8 Å². The maximum absolute atomic E-state index is 12.3. The first-order chi connectivity index (χ1) is 11.9. The molecule has 8 heteroatoms.